The number of hydrogen-bond donors (Lipinski definition) is 4. The van der Waals surface area contributed by atoms with Gasteiger partial charge in [0.05, 0.1) is 6.61 Å². The molecule has 122 valence electrons. The number of nitrogens with two attached hydrogens (primary N) is 1. The van der Waals surface area contributed by atoms with Gasteiger partial charge in [-0.3, -0.25) is 4.90 Å². The molecular formula is C13H26N4O4. The van der Waals surface area contributed by atoms with E-state index >= 15 is 0 Å². The van der Waals surface area contributed by atoms with Crippen LogP contribution in [-0.4, -0.2) is 74.0 Å². The molecule has 3 unspecified atom stereocenters. The smallest absolute Gasteiger partial charge is 0.329 e. The van der Waals surface area contributed by atoms with Crippen LogP contribution in [0.25, 0.3) is 0 Å². The van der Waals surface area contributed by atoms with Gasteiger partial charge in [-0.2, -0.15) is 0 Å². The first-order valence-electron chi connectivity index (χ1n) is 7.18. The van der Waals surface area contributed by atoms with E-state index in [0.29, 0.717) is 19.1 Å². The third-order valence-corrected chi connectivity index (χ3v) is 3.57. The molecule has 0 aliphatic carbocycles. The lowest BCUT2D eigenvalue weighted by atomic mass is 10.1. The molecule has 1 saturated heterocycles. The zero-order valence-electron chi connectivity index (χ0n) is 12.7. The van der Waals surface area contributed by atoms with Gasteiger partial charge in [0.2, 0.25) is 0 Å². The number of carboxylic acids is 1. The first kappa shape index (κ1) is 17.7. The third kappa shape index (κ3) is 6.28. The number of nitrogens with zero attached hydrogens (tertiary/aromatic N) is 1. The molecule has 8 heteroatoms. The summed E-state index contributed by atoms with van der Waals surface area (Å²) in [6.45, 7) is 4.23. The van der Waals surface area contributed by atoms with Crippen molar-refractivity contribution in [2.45, 2.75) is 25.4 Å². The summed E-state index contributed by atoms with van der Waals surface area (Å²) in [6, 6.07) is -0.0761. The summed E-state index contributed by atoms with van der Waals surface area (Å²) in [4.78, 5) is 24.1. The number of urea groups is 1. The van der Waals surface area contributed by atoms with E-state index in [0.717, 1.165) is 19.5 Å². The molecule has 0 aromatic carbocycles. The number of nitrogens with one attached hydrogen (secondary N) is 2. The minimum Gasteiger partial charge on any atom is -0.480 e. The SMILES string of the molecule is CNC(=O)NC1CC(COCC(=O)O)N(CC(C)CN)C1. The summed E-state index contributed by atoms with van der Waals surface area (Å²) < 4.78 is 5.20. The topological polar surface area (TPSA) is 117 Å². The molecule has 1 fully saturated rings. The molecule has 0 spiro atoms. The van der Waals surface area contributed by atoms with Crippen molar-refractivity contribution in [3.8, 4) is 0 Å². The average Bonchev–Trinajstić information content (AvgIpc) is 2.79. The van der Waals surface area contributed by atoms with Crippen molar-refractivity contribution >= 4 is 12.0 Å². The summed E-state index contributed by atoms with van der Waals surface area (Å²) in [5.74, 6) is -0.638. The largest absolute Gasteiger partial charge is 0.480 e. The number of rotatable bonds is 8. The number of ether oxygens (including phenoxy) is 1. The molecule has 2 amide bonds. The molecular weight excluding hydrogens is 276 g/mol. The number of carbonyl (C=O) groups excluding carboxylic acids is 1. The second-order valence-electron chi connectivity index (χ2n) is 5.51. The van der Waals surface area contributed by atoms with Crippen molar-refractivity contribution in [3.63, 3.8) is 0 Å². The highest BCUT2D eigenvalue weighted by Crippen LogP contribution is 2.19. The van der Waals surface area contributed by atoms with Crippen LogP contribution in [0.2, 0.25) is 0 Å². The number of hydrogen-bond acceptors (Lipinski definition) is 5. The van der Waals surface area contributed by atoms with Gasteiger partial charge >= 0.3 is 12.0 Å². The maximum absolute atomic E-state index is 11.4. The number of carboxylic acid groups (broad SMARTS) is 1. The Balaban J connectivity index is 2.52. The van der Waals surface area contributed by atoms with Gasteiger partial charge in [-0.05, 0) is 18.9 Å². The van der Waals surface area contributed by atoms with Gasteiger partial charge in [-0.1, -0.05) is 6.92 Å². The molecule has 1 aliphatic heterocycles. The van der Waals surface area contributed by atoms with Crippen LogP contribution in [0.15, 0.2) is 0 Å². The van der Waals surface area contributed by atoms with Gasteiger partial charge < -0.3 is 26.2 Å². The molecule has 3 atom stereocenters. The van der Waals surface area contributed by atoms with Gasteiger partial charge in [-0.25, -0.2) is 9.59 Å². The zero-order chi connectivity index (χ0) is 15.8. The Morgan fingerprint density at radius 3 is 2.81 bits per heavy atom. The molecule has 1 heterocycles. The van der Waals surface area contributed by atoms with E-state index in [-0.39, 0.29) is 24.7 Å². The van der Waals surface area contributed by atoms with Gasteiger partial charge in [0, 0.05) is 32.2 Å². The Bertz CT molecular complexity index is 353. The number of aliphatic carboxylic acids is 1. The standard InChI is InChI=1S/C13H26N4O4/c1-9(4-14)5-17-6-10(16-13(20)15-2)3-11(17)7-21-8-12(18)19/h9-11H,3-8,14H2,1-2H3,(H,18,19)(H2,15,16,20). The van der Waals surface area contributed by atoms with Crippen LogP contribution in [0.4, 0.5) is 4.79 Å². The highest BCUT2D eigenvalue weighted by molar-refractivity contribution is 5.73. The van der Waals surface area contributed by atoms with E-state index in [4.69, 9.17) is 15.6 Å². The summed E-state index contributed by atoms with van der Waals surface area (Å²) in [5.41, 5.74) is 5.66. The summed E-state index contributed by atoms with van der Waals surface area (Å²) in [6.07, 6.45) is 0.740. The lowest BCUT2D eigenvalue weighted by Crippen LogP contribution is -2.42. The maximum atomic E-state index is 11.4. The molecule has 5 N–H and O–H groups in total. The lowest BCUT2D eigenvalue weighted by molar-refractivity contribution is -0.142. The number of likely N-dealkylation sites (tertiary alicyclic amines) is 1. The van der Waals surface area contributed by atoms with Gasteiger partial charge in [0.1, 0.15) is 6.61 Å². The Morgan fingerprint density at radius 2 is 2.24 bits per heavy atom. The minimum absolute atomic E-state index is 0.0355. The van der Waals surface area contributed by atoms with Crippen molar-refractivity contribution in [2.75, 3.05) is 39.9 Å². The molecule has 0 bridgehead atoms. The molecule has 0 radical (unpaired) electrons. The molecule has 0 saturated carbocycles. The van der Waals surface area contributed by atoms with E-state index in [1.54, 1.807) is 7.05 Å². The predicted molar refractivity (Wildman–Crippen MR) is 78.0 cm³/mol. The van der Waals surface area contributed by atoms with Gasteiger partial charge in [-0.15, -0.1) is 0 Å². The van der Waals surface area contributed by atoms with Gasteiger partial charge in [0.25, 0.3) is 0 Å². The second kappa shape index (κ2) is 8.81. The number of amides is 2. The summed E-state index contributed by atoms with van der Waals surface area (Å²) >= 11 is 0. The normalized spacial score (nSPS) is 23.8. The van der Waals surface area contributed by atoms with E-state index in [2.05, 4.69) is 22.5 Å². The number of carbonyl (C=O) groups is 2. The molecule has 1 rings (SSSR count). The van der Waals surface area contributed by atoms with E-state index in [1.807, 2.05) is 0 Å². The van der Waals surface area contributed by atoms with Crippen molar-refractivity contribution in [1.29, 1.82) is 0 Å². The Kier molecular flexibility index (Phi) is 7.41. The third-order valence-electron chi connectivity index (χ3n) is 3.57. The average molecular weight is 302 g/mol. The summed E-state index contributed by atoms with van der Waals surface area (Å²) in [5, 5.41) is 14.0. The van der Waals surface area contributed by atoms with Crippen molar-refractivity contribution in [2.24, 2.45) is 11.7 Å². The highest BCUT2D eigenvalue weighted by Gasteiger charge is 2.33. The second-order valence-corrected chi connectivity index (χ2v) is 5.51. The van der Waals surface area contributed by atoms with Crippen LogP contribution in [0.1, 0.15) is 13.3 Å². The lowest BCUT2D eigenvalue weighted by Gasteiger charge is -2.26. The Morgan fingerprint density at radius 1 is 1.52 bits per heavy atom. The first-order chi connectivity index (χ1) is 9.96. The summed E-state index contributed by atoms with van der Waals surface area (Å²) in [7, 11) is 1.58. The van der Waals surface area contributed by atoms with E-state index < -0.39 is 5.97 Å². The fourth-order valence-electron chi connectivity index (χ4n) is 2.50. The van der Waals surface area contributed by atoms with Crippen LogP contribution >= 0.6 is 0 Å². The molecule has 8 nitrogen and oxygen atoms in total. The fourth-order valence-corrected chi connectivity index (χ4v) is 2.50. The van der Waals surface area contributed by atoms with Crippen molar-refractivity contribution in [1.82, 2.24) is 15.5 Å². The maximum Gasteiger partial charge on any atom is 0.329 e. The van der Waals surface area contributed by atoms with Crippen LogP contribution in [0, 0.1) is 5.92 Å². The van der Waals surface area contributed by atoms with Crippen LogP contribution < -0.4 is 16.4 Å². The Hall–Kier alpha value is -1.38. The molecule has 1 aliphatic rings. The van der Waals surface area contributed by atoms with Crippen LogP contribution in [-0.2, 0) is 9.53 Å². The minimum atomic E-state index is -0.977. The molecule has 0 aromatic rings. The van der Waals surface area contributed by atoms with E-state index in [9.17, 15) is 9.59 Å². The first-order valence-corrected chi connectivity index (χ1v) is 7.18. The highest BCUT2D eigenvalue weighted by atomic mass is 16.5. The fraction of sp³-hybridized carbons (Fsp3) is 0.846. The molecule has 0 aromatic heterocycles. The van der Waals surface area contributed by atoms with Crippen LogP contribution in [0.3, 0.4) is 0 Å². The molecule has 21 heavy (non-hydrogen) atoms. The predicted octanol–water partition coefficient (Wildman–Crippen LogP) is -0.946. The van der Waals surface area contributed by atoms with E-state index in [1.165, 1.54) is 0 Å². The Labute approximate surface area is 125 Å². The van der Waals surface area contributed by atoms with Crippen LogP contribution in [0.5, 0.6) is 0 Å². The van der Waals surface area contributed by atoms with Crippen molar-refractivity contribution in [3.05, 3.63) is 0 Å². The van der Waals surface area contributed by atoms with Gasteiger partial charge in [0.15, 0.2) is 0 Å². The zero-order valence-corrected chi connectivity index (χ0v) is 12.7. The quantitative estimate of drug-likeness (QED) is 0.459. The van der Waals surface area contributed by atoms with Crippen molar-refractivity contribution < 1.29 is 19.4 Å². The monoisotopic (exact) mass is 302 g/mol.